The van der Waals surface area contributed by atoms with E-state index < -0.39 is 0 Å². The Kier molecular flexibility index (Phi) is 4.54. The Morgan fingerprint density at radius 1 is 1.22 bits per heavy atom. The molecule has 0 bridgehead atoms. The molecule has 1 atom stereocenters. The molecule has 1 N–H and O–H groups in total. The van der Waals surface area contributed by atoms with Gasteiger partial charge in [-0.15, -0.1) is 0 Å². The van der Waals surface area contributed by atoms with E-state index in [-0.39, 0.29) is 12.1 Å². The van der Waals surface area contributed by atoms with Crippen molar-refractivity contribution in [3.05, 3.63) is 66.1 Å². The minimum absolute atomic E-state index is 0.243. The number of amides is 2. The van der Waals surface area contributed by atoms with Gasteiger partial charge in [0.25, 0.3) is 0 Å². The van der Waals surface area contributed by atoms with Crippen LogP contribution in [0.2, 0.25) is 0 Å². The van der Waals surface area contributed by atoms with Crippen LogP contribution in [-0.4, -0.2) is 27.6 Å². The van der Waals surface area contributed by atoms with Gasteiger partial charge in [0.15, 0.2) is 0 Å². The van der Waals surface area contributed by atoms with Crippen LogP contribution in [0.25, 0.3) is 11.4 Å². The number of benzene rings is 2. The van der Waals surface area contributed by atoms with Gasteiger partial charge in [0.05, 0.1) is 11.6 Å². The zero-order valence-corrected chi connectivity index (χ0v) is 14.5. The second-order valence-corrected chi connectivity index (χ2v) is 6.30. The van der Waals surface area contributed by atoms with E-state index in [1.54, 1.807) is 29.2 Å². The molecule has 0 radical (unpaired) electrons. The SMILES string of the molecule is N#Cc1cccc(NC(=O)N2CCCC2c2nc(-c3ccccc3)no2)c1. The molecule has 1 aliphatic rings. The van der Waals surface area contributed by atoms with Gasteiger partial charge < -0.3 is 14.7 Å². The van der Waals surface area contributed by atoms with E-state index in [9.17, 15) is 4.79 Å². The number of nitriles is 1. The molecule has 4 rings (SSSR count). The van der Waals surface area contributed by atoms with Gasteiger partial charge in [-0.05, 0) is 31.0 Å². The fourth-order valence-electron chi connectivity index (χ4n) is 3.20. The molecule has 0 aliphatic carbocycles. The summed E-state index contributed by atoms with van der Waals surface area (Å²) >= 11 is 0. The summed E-state index contributed by atoms with van der Waals surface area (Å²) in [4.78, 5) is 18.9. The quantitative estimate of drug-likeness (QED) is 0.763. The Balaban J connectivity index is 1.51. The van der Waals surface area contributed by atoms with E-state index in [2.05, 4.69) is 21.5 Å². The number of hydrogen-bond donors (Lipinski definition) is 1. The van der Waals surface area contributed by atoms with Gasteiger partial charge in [0, 0.05) is 17.8 Å². The number of nitrogens with zero attached hydrogens (tertiary/aromatic N) is 4. The van der Waals surface area contributed by atoms with Gasteiger partial charge in [-0.2, -0.15) is 10.2 Å². The summed E-state index contributed by atoms with van der Waals surface area (Å²) in [6.45, 7) is 0.609. The summed E-state index contributed by atoms with van der Waals surface area (Å²) in [5, 5.41) is 15.9. The van der Waals surface area contributed by atoms with Crippen molar-refractivity contribution in [2.24, 2.45) is 0 Å². The molecule has 2 amide bonds. The van der Waals surface area contributed by atoms with Crippen LogP contribution in [-0.2, 0) is 0 Å². The van der Waals surface area contributed by atoms with Crippen LogP contribution in [0.5, 0.6) is 0 Å². The third kappa shape index (κ3) is 3.51. The number of urea groups is 1. The second-order valence-electron chi connectivity index (χ2n) is 6.30. The number of likely N-dealkylation sites (tertiary alicyclic amines) is 1. The van der Waals surface area contributed by atoms with Gasteiger partial charge in [-0.1, -0.05) is 41.6 Å². The molecule has 1 unspecified atom stereocenters. The summed E-state index contributed by atoms with van der Waals surface area (Å²) in [6, 6.07) is 18.0. The van der Waals surface area contributed by atoms with E-state index in [1.807, 2.05) is 30.3 Å². The molecule has 2 aromatic carbocycles. The maximum atomic E-state index is 12.7. The number of rotatable bonds is 3. The zero-order chi connectivity index (χ0) is 18.6. The van der Waals surface area contributed by atoms with Gasteiger partial charge in [-0.3, -0.25) is 0 Å². The first-order chi connectivity index (χ1) is 13.2. The Labute approximate surface area is 156 Å². The number of aromatic nitrogens is 2. The first-order valence-corrected chi connectivity index (χ1v) is 8.71. The fourth-order valence-corrected chi connectivity index (χ4v) is 3.20. The molecular formula is C20H17N5O2. The maximum absolute atomic E-state index is 12.7. The molecule has 7 heteroatoms. The summed E-state index contributed by atoms with van der Waals surface area (Å²) < 4.78 is 5.44. The van der Waals surface area contributed by atoms with E-state index >= 15 is 0 Å². The molecule has 1 fully saturated rings. The van der Waals surface area contributed by atoms with Crippen molar-refractivity contribution in [2.45, 2.75) is 18.9 Å². The van der Waals surface area contributed by atoms with Gasteiger partial charge in [-0.25, -0.2) is 4.79 Å². The number of nitrogens with one attached hydrogen (secondary N) is 1. The largest absolute Gasteiger partial charge is 0.337 e. The molecule has 1 aliphatic heterocycles. The molecule has 1 saturated heterocycles. The van der Waals surface area contributed by atoms with Crippen molar-refractivity contribution in [2.75, 3.05) is 11.9 Å². The van der Waals surface area contributed by atoms with Crippen molar-refractivity contribution in [1.29, 1.82) is 5.26 Å². The predicted octanol–water partition coefficient (Wildman–Crippen LogP) is 3.98. The molecule has 134 valence electrons. The monoisotopic (exact) mass is 359 g/mol. The predicted molar refractivity (Wildman–Crippen MR) is 98.6 cm³/mol. The fraction of sp³-hybridized carbons (Fsp3) is 0.200. The number of carbonyl (C=O) groups excluding carboxylic acids is 1. The van der Waals surface area contributed by atoms with E-state index in [1.165, 1.54) is 0 Å². The highest BCUT2D eigenvalue weighted by Crippen LogP contribution is 2.32. The second kappa shape index (κ2) is 7.30. The highest BCUT2D eigenvalue weighted by molar-refractivity contribution is 5.90. The third-order valence-electron chi connectivity index (χ3n) is 4.52. The first-order valence-electron chi connectivity index (χ1n) is 8.71. The minimum atomic E-state index is -0.255. The molecule has 0 saturated carbocycles. The Morgan fingerprint density at radius 2 is 2.07 bits per heavy atom. The molecule has 3 aromatic rings. The van der Waals surface area contributed by atoms with Crippen LogP contribution in [0, 0.1) is 11.3 Å². The van der Waals surface area contributed by atoms with Gasteiger partial charge in [0.2, 0.25) is 11.7 Å². The first kappa shape index (κ1) is 16.8. The van der Waals surface area contributed by atoms with Crippen LogP contribution in [0.3, 0.4) is 0 Å². The minimum Gasteiger partial charge on any atom is -0.337 e. The number of hydrogen-bond acceptors (Lipinski definition) is 5. The normalized spacial score (nSPS) is 16.1. The van der Waals surface area contributed by atoms with Crippen LogP contribution < -0.4 is 5.32 Å². The summed E-state index contributed by atoms with van der Waals surface area (Å²) in [5.74, 6) is 0.951. The lowest BCUT2D eigenvalue weighted by Crippen LogP contribution is -2.34. The van der Waals surface area contributed by atoms with Gasteiger partial charge in [0.1, 0.15) is 6.04 Å². The van der Waals surface area contributed by atoms with Crippen molar-refractivity contribution in [1.82, 2.24) is 15.0 Å². The Hall–Kier alpha value is -3.66. The lowest BCUT2D eigenvalue weighted by molar-refractivity contribution is 0.193. The van der Waals surface area contributed by atoms with Gasteiger partial charge >= 0.3 is 6.03 Å². The van der Waals surface area contributed by atoms with E-state index in [4.69, 9.17) is 9.78 Å². The van der Waals surface area contributed by atoms with Crippen LogP contribution >= 0.6 is 0 Å². The smallest absolute Gasteiger partial charge is 0.322 e. The topological polar surface area (TPSA) is 95.1 Å². The molecular weight excluding hydrogens is 342 g/mol. The Morgan fingerprint density at radius 3 is 2.89 bits per heavy atom. The molecule has 0 spiro atoms. The summed E-state index contributed by atoms with van der Waals surface area (Å²) in [5.41, 5.74) is 1.95. The molecule has 27 heavy (non-hydrogen) atoms. The van der Waals surface area contributed by atoms with Crippen molar-refractivity contribution < 1.29 is 9.32 Å². The maximum Gasteiger partial charge on any atom is 0.322 e. The number of anilines is 1. The average Bonchev–Trinajstić information content (AvgIpc) is 3.38. The summed E-state index contributed by atoms with van der Waals surface area (Å²) in [6.07, 6.45) is 1.63. The highest BCUT2D eigenvalue weighted by Gasteiger charge is 2.34. The van der Waals surface area contributed by atoms with Crippen LogP contribution in [0.15, 0.2) is 59.1 Å². The molecule has 2 heterocycles. The lowest BCUT2D eigenvalue weighted by atomic mass is 10.2. The van der Waals surface area contributed by atoms with Crippen molar-refractivity contribution >= 4 is 11.7 Å². The van der Waals surface area contributed by atoms with E-state index in [0.29, 0.717) is 29.5 Å². The third-order valence-corrected chi connectivity index (χ3v) is 4.52. The average molecular weight is 359 g/mol. The van der Waals surface area contributed by atoms with Crippen LogP contribution in [0.4, 0.5) is 10.5 Å². The molecule has 7 nitrogen and oxygen atoms in total. The lowest BCUT2D eigenvalue weighted by Gasteiger charge is -2.22. The Bertz CT molecular complexity index is 993. The zero-order valence-electron chi connectivity index (χ0n) is 14.5. The standard InChI is InChI=1S/C20H17N5O2/c21-13-14-6-4-9-16(12-14)22-20(26)25-11-5-10-17(25)19-23-18(24-27-19)15-7-2-1-3-8-15/h1-4,6-9,12,17H,5,10-11H2,(H,22,26). The van der Waals surface area contributed by atoms with Crippen LogP contribution in [0.1, 0.15) is 30.3 Å². The number of carbonyl (C=O) groups is 1. The molecule has 1 aromatic heterocycles. The van der Waals surface area contributed by atoms with Crippen molar-refractivity contribution in [3.8, 4) is 17.5 Å². The summed E-state index contributed by atoms with van der Waals surface area (Å²) in [7, 11) is 0. The van der Waals surface area contributed by atoms with Crippen molar-refractivity contribution in [3.63, 3.8) is 0 Å². The highest BCUT2D eigenvalue weighted by atomic mass is 16.5. The van der Waals surface area contributed by atoms with E-state index in [0.717, 1.165) is 18.4 Å².